The van der Waals surface area contributed by atoms with E-state index < -0.39 is 0 Å². The number of unbranched alkanes of at least 4 members (excludes halogenated alkanes) is 3. The fraction of sp³-hybridized carbons (Fsp3) is 0.140. The fourth-order valence-corrected chi connectivity index (χ4v) is 4.77. The van der Waals surface area contributed by atoms with E-state index in [0.29, 0.717) is 0 Å². The van der Waals surface area contributed by atoms with Crippen LogP contribution in [0, 0.1) is 18.2 Å². The van der Waals surface area contributed by atoms with Crippen molar-refractivity contribution in [3.8, 4) is 44.9 Å². The molecule has 0 bridgehead atoms. The van der Waals surface area contributed by atoms with E-state index in [2.05, 4.69) is 56.1 Å². The summed E-state index contributed by atoms with van der Waals surface area (Å²) in [6.07, 6.45) is 15.2. The van der Waals surface area contributed by atoms with Crippen LogP contribution in [0.3, 0.4) is 0 Å². The minimum atomic E-state index is 0. The number of nitrogens with zero attached hydrogens (tertiary/aromatic N) is 5. The second-order valence-corrected chi connectivity index (χ2v) is 10.9. The third-order valence-corrected chi connectivity index (χ3v) is 7.34. The number of aryl methyl sites for hydroxylation is 1. The van der Waals surface area contributed by atoms with Crippen LogP contribution < -0.4 is 0 Å². The molecular formula is C43H38IrN5. The molecule has 244 valence electrons. The van der Waals surface area contributed by atoms with Crippen LogP contribution in [0.1, 0.15) is 38.4 Å². The summed E-state index contributed by atoms with van der Waals surface area (Å²) in [5.41, 5.74) is 7.98. The second kappa shape index (κ2) is 20.9. The molecule has 4 aromatic heterocycles. The molecule has 49 heavy (non-hydrogen) atoms. The Morgan fingerprint density at radius 1 is 0.449 bits per heavy atom. The first-order chi connectivity index (χ1) is 23.8. The average molecular weight is 817 g/mol. The SMILES string of the molecule is CCCCCCc1ncc(-c2ccc(-c3[c-]cccc3)nc2)cn1.[Ir+3].[c-]1ccccc1-c1ccccn1.[c-]1ccccc1-c1ccccn1. The van der Waals surface area contributed by atoms with E-state index in [1.54, 1.807) is 12.4 Å². The third kappa shape index (κ3) is 12.1. The Labute approximate surface area is 304 Å². The van der Waals surface area contributed by atoms with Crippen LogP contribution in [-0.2, 0) is 26.5 Å². The maximum Gasteiger partial charge on any atom is 3.00 e. The van der Waals surface area contributed by atoms with Crippen LogP contribution in [0.15, 0.2) is 152 Å². The average Bonchev–Trinajstić information content (AvgIpc) is 3.19. The molecule has 0 aliphatic heterocycles. The van der Waals surface area contributed by atoms with Gasteiger partial charge in [0.2, 0.25) is 0 Å². The van der Waals surface area contributed by atoms with Crippen molar-refractivity contribution in [3.05, 3.63) is 176 Å². The maximum absolute atomic E-state index is 4.53. The summed E-state index contributed by atoms with van der Waals surface area (Å²) in [7, 11) is 0. The van der Waals surface area contributed by atoms with Crippen molar-refractivity contribution in [3.63, 3.8) is 0 Å². The minimum absolute atomic E-state index is 0. The quantitative estimate of drug-likeness (QED) is 0.107. The van der Waals surface area contributed by atoms with Gasteiger partial charge in [0.25, 0.3) is 0 Å². The van der Waals surface area contributed by atoms with Gasteiger partial charge in [-0.15, -0.1) is 108 Å². The van der Waals surface area contributed by atoms with Crippen molar-refractivity contribution in [1.29, 1.82) is 0 Å². The number of hydrogen-bond donors (Lipinski definition) is 0. The van der Waals surface area contributed by atoms with E-state index >= 15 is 0 Å². The predicted molar refractivity (Wildman–Crippen MR) is 194 cm³/mol. The summed E-state index contributed by atoms with van der Waals surface area (Å²) >= 11 is 0. The molecular weight excluding hydrogens is 779 g/mol. The summed E-state index contributed by atoms with van der Waals surface area (Å²) < 4.78 is 0. The van der Waals surface area contributed by atoms with E-state index in [-0.39, 0.29) is 20.1 Å². The number of benzene rings is 3. The van der Waals surface area contributed by atoms with Crippen molar-refractivity contribution < 1.29 is 20.1 Å². The monoisotopic (exact) mass is 817 g/mol. The Balaban J connectivity index is 0.000000181. The first-order valence-corrected chi connectivity index (χ1v) is 16.3. The Morgan fingerprint density at radius 3 is 1.35 bits per heavy atom. The van der Waals surface area contributed by atoms with Crippen LogP contribution in [0.5, 0.6) is 0 Å². The van der Waals surface area contributed by atoms with E-state index in [1.807, 2.05) is 134 Å². The summed E-state index contributed by atoms with van der Waals surface area (Å²) in [5, 5.41) is 0. The molecule has 0 N–H and O–H groups in total. The Bertz CT molecular complexity index is 1710. The molecule has 0 atom stereocenters. The number of aromatic nitrogens is 5. The Kier molecular flexibility index (Phi) is 15.7. The molecule has 3 aromatic carbocycles. The molecule has 7 rings (SSSR count). The molecule has 6 heteroatoms. The van der Waals surface area contributed by atoms with Gasteiger partial charge >= 0.3 is 20.1 Å². The summed E-state index contributed by atoms with van der Waals surface area (Å²) in [4.78, 5) is 21.9. The van der Waals surface area contributed by atoms with Gasteiger partial charge in [0.15, 0.2) is 0 Å². The standard InChI is InChI=1S/C21H22N3.2C11H8N.Ir/c1-2-3-4-8-11-21-23-15-19(16-24-21)18-12-13-20(22-14-18)17-9-6-5-7-10-17;2*1-2-6-10(7-3-1)11-8-4-5-9-12-11;/h5-7,9,12-16H,2-4,8,11H2,1H3;2*1-6,8-9H;/q3*-1;+3. The van der Waals surface area contributed by atoms with E-state index in [4.69, 9.17) is 0 Å². The van der Waals surface area contributed by atoms with Crippen LogP contribution in [-0.4, -0.2) is 24.9 Å². The zero-order chi connectivity index (χ0) is 33.1. The van der Waals surface area contributed by atoms with Crippen LogP contribution in [0.25, 0.3) is 44.9 Å². The maximum atomic E-state index is 4.53. The molecule has 0 saturated carbocycles. The van der Waals surface area contributed by atoms with Gasteiger partial charge in [0, 0.05) is 48.5 Å². The van der Waals surface area contributed by atoms with E-state index in [0.717, 1.165) is 63.6 Å². The van der Waals surface area contributed by atoms with Gasteiger partial charge in [0.05, 0.1) is 0 Å². The topological polar surface area (TPSA) is 64.5 Å². The second-order valence-electron chi connectivity index (χ2n) is 10.9. The third-order valence-electron chi connectivity index (χ3n) is 7.34. The molecule has 7 aromatic rings. The fourth-order valence-electron chi connectivity index (χ4n) is 4.77. The number of rotatable bonds is 9. The smallest absolute Gasteiger partial charge is 0.305 e. The molecule has 0 aliphatic carbocycles. The molecule has 0 saturated heterocycles. The molecule has 4 heterocycles. The Hall–Kier alpha value is -5.16. The van der Waals surface area contributed by atoms with Gasteiger partial charge in [-0.3, -0.25) is 0 Å². The first kappa shape index (κ1) is 36.7. The number of pyridine rings is 3. The van der Waals surface area contributed by atoms with Gasteiger partial charge in [-0.1, -0.05) is 62.6 Å². The van der Waals surface area contributed by atoms with Crippen molar-refractivity contribution in [2.75, 3.05) is 0 Å². The van der Waals surface area contributed by atoms with Gasteiger partial charge in [-0.2, -0.15) is 0 Å². The largest absolute Gasteiger partial charge is 3.00 e. The summed E-state index contributed by atoms with van der Waals surface area (Å²) in [5.74, 6) is 0.929. The normalized spacial score (nSPS) is 9.98. The van der Waals surface area contributed by atoms with Crippen molar-refractivity contribution >= 4 is 0 Å². The number of hydrogen-bond acceptors (Lipinski definition) is 5. The van der Waals surface area contributed by atoms with Crippen molar-refractivity contribution in [1.82, 2.24) is 24.9 Å². The summed E-state index contributed by atoms with van der Waals surface area (Å²) in [6.45, 7) is 2.22. The summed E-state index contributed by atoms with van der Waals surface area (Å²) in [6, 6.07) is 48.8. The van der Waals surface area contributed by atoms with Gasteiger partial charge < -0.3 is 15.0 Å². The van der Waals surface area contributed by atoms with Gasteiger partial charge in [0.1, 0.15) is 5.82 Å². The Morgan fingerprint density at radius 2 is 0.939 bits per heavy atom. The molecule has 0 unspecified atom stereocenters. The molecule has 0 radical (unpaired) electrons. The molecule has 0 amide bonds. The first-order valence-electron chi connectivity index (χ1n) is 16.3. The van der Waals surface area contributed by atoms with Gasteiger partial charge in [-0.05, 0) is 35.6 Å². The van der Waals surface area contributed by atoms with Crippen LogP contribution in [0.2, 0.25) is 0 Å². The van der Waals surface area contributed by atoms with Crippen LogP contribution in [0.4, 0.5) is 0 Å². The molecule has 0 fully saturated rings. The van der Waals surface area contributed by atoms with Crippen molar-refractivity contribution in [2.45, 2.75) is 39.0 Å². The molecule has 0 spiro atoms. The zero-order valence-electron chi connectivity index (χ0n) is 27.5. The van der Waals surface area contributed by atoms with E-state index in [9.17, 15) is 0 Å². The molecule has 5 nitrogen and oxygen atoms in total. The minimum Gasteiger partial charge on any atom is -0.305 e. The van der Waals surface area contributed by atoms with Crippen LogP contribution >= 0.6 is 0 Å². The molecule has 0 aliphatic rings. The zero-order valence-corrected chi connectivity index (χ0v) is 29.9. The van der Waals surface area contributed by atoms with Gasteiger partial charge in [-0.25, -0.2) is 9.97 Å². The van der Waals surface area contributed by atoms with Crippen molar-refractivity contribution in [2.24, 2.45) is 0 Å². The van der Waals surface area contributed by atoms with E-state index in [1.165, 1.54) is 19.3 Å². The predicted octanol–water partition coefficient (Wildman–Crippen LogP) is 10.2.